The van der Waals surface area contributed by atoms with Crippen LogP contribution in [0.15, 0.2) is 66.9 Å². The van der Waals surface area contributed by atoms with Gasteiger partial charge in [0, 0.05) is 18.0 Å². The van der Waals surface area contributed by atoms with E-state index in [1.165, 1.54) is 36.5 Å². The van der Waals surface area contributed by atoms with Crippen molar-refractivity contribution in [2.45, 2.75) is 12.5 Å². The molecule has 1 aromatic heterocycles. The van der Waals surface area contributed by atoms with Gasteiger partial charge in [-0.05, 0) is 42.5 Å². The van der Waals surface area contributed by atoms with E-state index in [9.17, 15) is 31.1 Å². The highest BCUT2D eigenvalue weighted by molar-refractivity contribution is 6.00. The van der Waals surface area contributed by atoms with E-state index in [0.717, 1.165) is 30.3 Å². The number of alkyl halides is 6. The second-order valence-corrected chi connectivity index (χ2v) is 6.14. The number of carbonyl (C=O) groups excluding carboxylic acids is 1. The maximum atomic E-state index is 12.9. The molecule has 2 amide bonds. The van der Waals surface area contributed by atoms with Gasteiger partial charge in [0.2, 0.25) is 5.88 Å². The quantitative estimate of drug-likeness (QED) is 0.433. The highest BCUT2D eigenvalue weighted by atomic mass is 19.4. The Morgan fingerprint density at radius 3 is 2.28 bits per heavy atom. The summed E-state index contributed by atoms with van der Waals surface area (Å²) in [5.74, 6) is -0.902. The SMILES string of the molecule is O=C(Nc1cccc(OC(F)(F)F)c1)Nc1cccnc1Oc1cccc(C(F)(F)F)c1. The molecule has 0 saturated carbocycles. The summed E-state index contributed by atoms with van der Waals surface area (Å²) < 4.78 is 84.8. The number of pyridine rings is 1. The first kappa shape index (κ1) is 22.7. The van der Waals surface area contributed by atoms with Gasteiger partial charge in [-0.3, -0.25) is 0 Å². The van der Waals surface area contributed by atoms with Gasteiger partial charge < -0.3 is 20.1 Å². The van der Waals surface area contributed by atoms with Crippen LogP contribution in [0.2, 0.25) is 0 Å². The molecule has 0 aliphatic carbocycles. The summed E-state index contributed by atoms with van der Waals surface area (Å²) in [6.45, 7) is 0. The maximum Gasteiger partial charge on any atom is 0.573 e. The fourth-order valence-electron chi connectivity index (χ4n) is 2.47. The number of nitrogens with one attached hydrogen (secondary N) is 2. The monoisotopic (exact) mass is 457 g/mol. The fourth-order valence-corrected chi connectivity index (χ4v) is 2.47. The summed E-state index contributed by atoms with van der Waals surface area (Å²) in [4.78, 5) is 16.1. The Hall–Kier alpha value is -3.96. The highest BCUT2D eigenvalue weighted by Crippen LogP contribution is 2.34. The van der Waals surface area contributed by atoms with E-state index < -0.39 is 29.9 Å². The second kappa shape index (κ2) is 9.04. The number of amides is 2. The average Bonchev–Trinajstić information content (AvgIpc) is 2.68. The Morgan fingerprint density at radius 1 is 0.844 bits per heavy atom. The van der Waals surface area contributed by atoms with Gasteiger partial charge >= 0.3 is 18.6 Å². The molecule has 0 atom stereocenters. The van der Waals surface area contributed by atoms with Gasteiger partial charge in [-0.25, -0.2) is 9.78 Å². The van der Waals surface area contributed by atoms with Crippen LogP contribution in [0, 0.1) is 0 Å². The zero-order chi connectivity index (χ0) is 23.4. The van der Waals surface area contributed by atoms with Crippen molar-refractivity contribution in [3.63, 3.8) is 0 Å². The van der Waals surface area contributed by atoms with Gasteiger partial charge in [0.25, 0.3) is 0 Å². The Kier molecular flexibility index (Phi) is 6.42. The number of urea groups is 1. The molecule has 2 aromatic carbocycles. The number of aromatic nitrogens is 1. The smallest absolute Gasteiger partial charge is 0.437 e. The van der Waals surface area contributed by atoms with E-state index in [4.69, 9.17) is 4.74 Å². The lowest BCUT2D eigenvalue weighted by atomic mass is 10.2. The van der Waals surface area contributed by atoms with E-state index in [0.29, 0.717) is 0 Å². The molecule has 1 heterocycles. The lowest BCUT2D eigenvalue weighted by molar-refractivity contribution is -0.274. The third-order valence-electron chi connectivity index (χ3n) is 3.72. The van der Waals surface area contributed by atoms with Crippen molar-refractivity contribution in [1.29, 1.82) is 0 Å². The minimum atomic E-state index is -4.90. The molecule has 0 aliphatic heterocycles. The summed E-state index contributed by atoms with van der Waals surface area (Å²) in [5, 5.41) is 4.68. The van der Waals surface area contributed by atoms with Crippen molar-refractivity contribution in [2.24, 2.45) is 0 Å². The molecule has 2 N–H and O–H groups in total. The van der Waals surface area contributed by atoms with Gasteiger partial charge in [0.05, 0.1) is 5.56 Å². The first-order valence-electron chi connectivity index (χ1n) is 8.73. The van der Waals surface area contributed by atoms with Crippen molar-refractivity contribution < 1.29 is 40.6 Å². The molecule has 168 valence electrons. The second-order valence-electron chi connectivity index (χ2n) is 6.14. The van der Waals surface area contributed by atoms with Crippen molar-refractivity contribution in [3.8, 4) is 17.4 Å². The minimum absolute atomic E-state index is 0.00473. The van der Waals surface area contributed by atoms with E-state index in [-0.39, 0.29) is 23.0 Å². The molecular formula is C20H13F6N3O3. The molecule has 0 saturated heterocycles. The molecule has 12 heteroatoms. The predicted octanol–water partition coefficient (Wildman–Crippen LogP) is 6.44. The summed E-state index contributed by atoms with van der Waals surface area (Å²) in [7, 11) is 0. The lowest BCUT2D eigenvalue weighted by Gasteiger charge is -2.14. The van der Waals surface area contributed by atoms with Crippen LogP contribution < -0.4 is 20.1 Å². The average molecular weight is 457 g/mol. The molecule has 32 heavy (non-hydrogen) atoms. The first-order chi connectivity index (χ1) is 15.0. The molecule has 0 unspecified atom stereocenters. The Balaban J connectivity index is 1.72. The number of ether oxygens (including phenoxy) is 2. The van der Waals surface area contributed by atoms with Crippen LogP contribution in [-0.4, -0.2) is 17.4 Å². The van der Waals surface area contributed by atoms with E-state index in [2.05, 4.69) is 20.4 Å². The van der Waals surface area contributed by atoms with Gasteiger partial charge in [-0.1, -0.05) is 12.1 Å². The number of hydrogen-bond acceptors (Lipinski definition) is 4. The zero-order valence-corrected chi connectivity index (χ0v) is 15.8. The van der Waals surface area contributed by atoms with Gasteiger partial charge in [-0.2, -0.15) is 13.2 Å². The van der Waals surface area contributed by atoms with E-state index in [1.807, 2.05) is 0 Å². The number of anilines is 2. The van der Waals surface area contributed by atoms with Crippen LogP contribution in [0.3, 0.4) is 0 Å². The molecule has 0 aliphatic rings. The fraction of sp³-hybridized carbons (Fsp3) is 0.100. The number of benzene rings is 2. The van der Waals surface area contributed by atoms with E-state index >= 15 is 0 Å². The zero-order valence-electron chi connectivity index (χ0n) is 15.8. The molecule has 0 spiro atoms. The number of carbonyl (C=O) groups is 1. The molecule has 0 bridgehead atoms. The summed E-state index contributed by atoms with van der Waals surface area (Å²) in [6.07, 6.45) is -8.18. The van der Waals surface area contributed by atoms with Gasteiger partial charge in [0.1, 0.15) is 17.2 Å². The lowest BCUT2D eigenvalue weighted by Crippen LogP contribution is -2.20. The standard InChI is InChI=1S/C20H13F6N3O3/c21-19(22,23)12-4-1-6-14(10-12)31-17-16(8-3-9-27-17)29-18(30)28-13-5-2-7-15(11-13)32-20(24,25)26/h1-11H,(H2,28,29,30). The molecule has 3 rings (SSSR count). The summed E-state index contributed by atoms with van der Waals surface area (Å²) in [6, 6.07) is 10.6. The Labute approximate surface area is 176 Å². The third-order valence-corrected chi connectivity index (χ3v) is 3.72. The summed E-state index contributed by atoms with van der Waals surface area (Å²) >= 11 is 0. The largest absolute Gasteiger partial charge is 0.573 e. The van der Waals surface area contributed by atoms with Crippen molar-refractivity contribution in [1.82, 2.24) is 4.98 Å². The van der Waals surface area contributed by atoms with Crippen LogP contribution in [0.4, 0.5) is 42.5 Å². The van der Waals surface area contributed by atoms with Crippen LogP contribution in [0.5, 0.6) is 17.4 Å². The predicted molar refractivity (Wildman–Crippen MR) is 102 cm³/mol. The first-order valence-corrected chi connectivity index (χ1v) is 8.73. The number of nitrogens with zero attached hydrogens (tertiary/aromatic N) is 1. The van der Waals surface area contributed by atoms with Crippen LogP contribution in [-0.2, 0) is 6.18 Å². The number of rotatable bonds is 5. The van der Waals surface area contributed by atoms with Crippen molar-refractivity contribution in [3.05, 3.63) is 72.4 Å². The normalized spacial score (nSPS) is 11.6. The van der Waals surface area contributed by atoms with Crippen molar-refractivity contribution >= 4 is 17.4 Å². The molecule has 0 fully saturated rings. The van der Waals surface area contributed by atoms with Crippen molar-refractivity contribution in [2.75, 3.05) is 10.6 Å². The highest BCUT2D eigenvalue weighted by Gasteiger charge is 2.31. The Morgan fingerprint density at radius 2 is 1.56 bits per heavy atom. The van der Waals surface area contributed by atoms with Crippen LogP contribution in [0.25, 0.3) is 0 Å². The van der Waals surface area contributed by atoms with Crippen LogP contribution in [0.1, 0.15) is 5.56 Å². The van der Waals surface area contributed by atoms with Crippen LogP contribution >= 0.6 is 0 Å². The summed E-state index contributed by atoms with van der Waals surface area (Å²) in [5.41, 5.74) is -0.933. The number of halogens is 6. The number of hydrogen-bond donors (Lipinski definition) is 2. The topological polar surface area (TPSA) is 72.5 Å². The molecular weight excluding hydrogens is 444 g/mol. The van der Waals surface area contributed by atoms with Gasteiger partial charge in [-0.15, -0.1) is 13.2 Å². The van der Waals surface area contributed by atoms with E-state index in [1.54, 1.807) is 0 Å². The maximum absolute atomic E-state index is 12.9. The molecule has 6 nitrogen and oxygen atoms in total. The minimum Gasteiger partial charge on any atom is -0.437 e. The molecule has 3 aromatic rings. The van der Waals surface area contributed by atoms with Gasteiger partial charge in [0.15, 0.2) is 0 Å². The Bertz CT molecular complexity index is 1100. The molecule has 0 radical (unpaired) electrons. The third kappa shape index (κ3) is 6.52.